The molecule has 1 atom stereocenters. The predicted octanol–water partition coefficient (Wildman–Crippen LogP) is 3.28. The van der Waals surface area contributed by atoms with Gasteiger partial charge in [-0.05, 0) is 48.9 Å². The summed E-state index contributed by atoms with van der Waals surface area (Å²) in [5, 5.41) is 5.97. The van der Waals surface area contributed by atoms with Gasteiger partial charge in [-0.3, -0.25) is 9.59 Å². The smallest absolute Gasteiger partial charge is 0.255 e. The van der Waals surface area contributed by atoms with E-state index >= 15 is 0 Å². The summed E-state index contributed by atoms with van der Waals surface area (Å²) in [6.45, 7) is 2.33. The van der Waals surface area contributed by atoms with Gasteiger partial charge in [-0.15, -0.1) is 0 Å². The van der Waals surface area contributed by atoms with E-state index in [-0.39, 0.29) is 23.7 Å². The number of carbonyl (C=O) groups is 2. The van der Waals surface area contributed by atoms with Gasteiger partial charge >= 0.3 is 0 Å². The maximum absolute atomic E-state index is 13.0. The van der Waals surface area contributed by atoms with Gasteiger partial charge < -0.3 is 20.4 Å². The molecule has 2 heterocycles. The third-order valence-corrected chi connectivity index (χ3v) is 5.48. The van der Waals surface area contributed by atoms with Crippen LogP contribution < -0.4 is 20.4 Å². The fourth-order valence-corrected chi connectivity index (χ4v) is 3.39. The molecular weight excluding hydrogens is 411 g/mol. The molecule has 0 aliphatic carbocycles. The Balaban J connectivity index is 1.39. The lowest BCUT2D eigenvalue weighted by molar-refractivity contribution is -0.119. The molecule has 32 heavy (non-hydrogen) atoms. The van der Waals surface area contributed by atoms with Crippen molar-refractivity contribution >= 4 is 35.0 Å². The van der Waals surface area contributed by atoms with E-state index in [9.17, 15) is 14.0 Å². The average molecular weight is 434 g/mol. The normalized spacial score (nSPS) is 15.4. The molecular formula is C23H23FN6O2. The fraction of sp³-hybridized carbons (Fsp3) is 0.217. The summed E-state index contributed by atoms with van der Waals surface area (Å²) in [4.78, 5) is 36.8. The van der Waals surface area contributed by atoms with Crippen LogP contribution in [-0.2, 0) is 11.3 Å². The highest BCUT2D eigenvalue weighted by Gasteiger charge is 2.32. The second-order valence-electron chi connectivity index (χ2n) is 7.60. The Labute approximate surface area is 185 Å². The van der Waals surface area contributed by atoms with Crippen LogP contribution >= 0.6 is 0 Å². The number of aromatic nitrogens is 2. The Morgan fingerprint density at radius 2 is 1.78 bits per heavy atom. The maximum Gasteiger partial charge on any atom is 0.255 e. The van der Waals surface area contributed by atoms with Crippen molar-refractivity contribution in [3.8, 4) is 0 Å². The van der Waals surface area contributed by atoms with Crippen LogP contribution in [0, 0.1) is 5.82 Å². The highest BCUT2D eigenvalue weighted by atomic mass is 19.1. The summed E-state index contributed by atoms with van der Waals surface area (Å²) < 4.78 is 13.0. The van der Waals surface area contributed by atoms with E-state index in [1.54, 1.807) is 30.3 Å². The second-order valence-corrected chi connectivity index (χ2v) is 7.60. The van der Waals surface area contributed by atoms with Gasteiger partial charge in [0.05, 0.1) is 6.20 Å². The molecule has 9 heteroatoms. The number of likely N-dealkylation sites (N-methyl/N-ethyl adjacent to an activating group) is 2. The van der Waals surface area contributed by atoms with E-state index in [2.05, 4.69) is 20.6 Å². The summed E-state index contributed by atoms with van der Waals surface area (Å²) in [6.07, 6.45) is 1.64. The molecule has 0 saturated carbocycles. The van der Waals surface area contributed by atoms with E-state index in [1.165, 1.54) is 24.3 Å². The van der Waals surface area contributed by atoms with Gasteiger partial charge in [0, 0.05) is 31.9 Å². The van der Waals surface area contributed by atoms with Crippen LogP contribution in [0.2, 0.25) is 0 Å². The van der Waals surface area contributed by atoms with Crippen LogP contribution in [0.25, 0.3) is 0 Å². The highest BCUT2D eigenvalue weighted by molar-refractivity contribution is 6.04. The van der Waals surface area contributed by atoms with Gasteiger partial charge in [0.25, 0.3) is 5.91 Å². The van der Waals surface area contributed by atoms with E-state index in [1.807, 2.05) is 31.0 Å². The molecule has 0 fully saturated rings. The van der Waals surface area contributed by atoms with Crippen LogP contribution in [0.4, 0.5) is 27.5 Å². The van der Waals surface area contributed by atoms with E-state index in [0.29, 0.717) is 35.2 Å². The lowest BCUT2D eigenvalue weighted by Crippen LogP contribution is -2.49. The third kappa shape index (κ3) is 4.22. The Morgan fingerprint density at radius 1 is 1.09 bits per heavy atom. The quantitative estimate of drug-likeness (QED) is 0.641. The summed E-state index contributed by atoms with van der Waals surface area (Å²) in [5.41, 5.74) is 2.66. The van der Waals surface area contributed by atoms with E-state index < -0.39 is 0 Å². The standard InChI is InChI=1S/C23H23FN6O2/c1-14-22(32)30(3)19-13-26-23(28-20(19)29(14)2)25-12-15-4-10-18(11-5-15)27-21(31)16-6-8-17(24)9-7-16/h4-11,13-14H,12H2,1-3H3,(H,27,31)(H,25,26,28)/t14-/m0/s1. The first kappa shape index (κ1) is 21.2. The number of hydrogen-bond donors (Lipinski definition) is 2. The topological polar surface area (TPSA) is 90.5 Å². The monoisotopic (exact) mass is 434 g/mol. The molecule has 0 unspecified atom stereocenters. The lowest BCUT2D eigenvalue weighted by Gasteiger charge is -2.36. The lowest BCUT2D eigenvalue weighted by atomic mass is 10.1. The zero-order valence-electron chi connectivity index (χ0n) is 18.0. The summed E-state index contributed by atoms with van der Waals surface area (Å²) >= 11 is 0. The van der Waals surface area contributed by atoms with Crippen LogP contribution in [0.1, 0.15) is 22.8 Å². The van der Waals surface area contributed by atoms with Crippen molar-refractivity contribution in [3.63, 3.8) is 0 Å². The minimum Gasteiger partial charge on any atom is -0.350 e. The van der Waals surface area contributed by atoms with Gasteiger partial charge in [-0.2, -0.15) is 4.98 Å². The molecule has 0 saturated heterocycles. The fourth-order valence-electron chi connectivity index (χ4n) is 3.39. The number of benzene rings is 2. The van der Waals surface area contributed by atoms with E-state index in [4.69, 9.17) is 0 Å². The van der Waals surface area contributed by atoms with Crippen LogP contribution in [0.15, 0.2) is 54.7 Å². The first-order valence-electron chi connectivity index (χ1n) is 10.1. The number of amides is 2. The molecule has 4 rings (SSSR count). The van der Waals surface area contributed by atoms with Gasteiger partial charge in [0.2, 0.25) is 11.9 Å². The maximum atomic E-state index is 13.0. The molecule has 0 spiro atoms. The predicted molar refractivity (Wildman–Crippen MR) is 121 cm³/mol. The zero-order chi connectivity index (χ0) is 22.8. The Kier molecular flexibility index (Phi) is 5.72. The zero-order valence-corrected chi connectivity index (χ0v) is 18.0. The molecule has 3 aromatic rings. The second kappa shape index (κ2) is 8.62. The van der Waals surface area contributed by atoms with Crippen molar-refractivity contribution in [2.24, 2.45) is 0 Å². The molecule has 2 amide bonds. The number of anilines is 4. The van der Waals surface area contributed by atoms with Crippen molar-refractivity contribution in [1.29, 1.82) is 0 Å². The minimum atomic E-state index is -0.386. The number of nitrogens with zero attached hydrogens (tertiary/aromatic N) is 4. The van der Waals surface area contributed by atoms with Crippen LogP contribution in [-0.4, -0.2) is 41.9 Å². The number of fused-ring (bicyclic) bond motifs is 1. The molecule has 2 N–H and O–H groups in total. The molecule has 0 radical (unpaired) electrons. The number of hydrogen-bond acceptors (Lipinski definition) is 6. The number of rotatable bonds is 5. The number of carbonyl (C=O) groups excluding carboxylic acids is 2. The summed E-state index contributed by atoms with van der Waals surface area (Å²) in [7, 11) is 3.56. The summed E-state index contributed by atoms with van der Waals surface area (Å²) in [5.74, 6) is 0.453. The van der Waals surface area contributed by atoms with Crippen LogP contribution in [0.5, 0.6) is 0 Å². The Bertz CT molecular complexity index is 1150. The van der Waals surface area contributed by atoms with Gasteiger partial charge in [0.15, 0.2) is 5.82 Å². The molecule has 164 valence electrons. The summed E-state index contributed by atoms with van der Waals surface area (Å²) in [6, 6.07) is 12.4. The van der Waals surface area contributed by atoms with Gasteiger partial charge in [0.1, 0.15) is 17.5 Å². The molecule has 1 aliphatic heterocycles. The highest BCUT2D eigenvalue weighted by Crippen LogP contribution is 2.32. The molecule has 2 aromatic carbocycles. The van der Waals surface area contributed by atoms with Crippen molar-refractivity contribution in [2.45, 2.75) is 19.5 Å². The van der Waals surface area contributed by atoms with Gasteiger partial charge in [-0.1, -0.05) is 12.1 Å². The van der Waals surface area contributed by atoms with Crippen molar-refractivity contribution in [3.05, 3.63) is 71.7 Å². The van der Waals surface area contributed by atoms with E-state index in [0.717, 1.165) is 5.56 Å². The molecule has 0 bridgehead atoms. The Morgan fingerprint density at radius 3 is 2.47 bits per heavy atom. The largest absolute Gasteiger partial charge is 0.350 e. The molecule has 8 nitrogen and oxygen atoms in total. The average Bonchev–Trinajstić information content (AvgIpc) is 2.81. The van der Waals surface area contributed by atoms with Crippen molar-refractivity contribution in [2.75, 3.05) is 34.5 Å². The first-order chi connectivity index (χ1) is 15.3. The Hall–Kier alpha value is -4.01. The third-order valence-electron chi connectivity index (χ3n) is 5.48. The van der Waals surface area contributed by atoms with Crippen LogP contribution in [0.3, 0.4) is 0 Å². The first-order valence-corrected chi connectivity index (χ1v) is 10.1. The number of nitrogens with one attached hydrogen (secondary N) is 2. The van der Waals surface area contributed by atoms with Gasteiger partial charge in [-0.25, -0.2) is 9.37 Å². The van der Waals surface area contributed by atoms with Crippen molar-refractivity contribution in [1.82, 2.24) is 9.97 Å². The molecule has 1 aliphatic rings. The minimum absolute atomic E-state index is 0.00378. The van der Waals surface area contributed by atoms with Crippen molar-refractivity contribution < 1.29 is 14.0 Å². The SMILES string of the molecule is C[C@H]1C(=O)N(C)c2cnc(NCc3ccc(NC(=O)c4ccc(F)cc4)cc3)nc2N1C. The molecule has 1 aromatic heterocycles. The number of halogens is 1.